The predicted octanol–water partition coefficient (Wildman–Crippen LogP) is 2.14. The highest BCUT2D eigenvalue weighted by Crippen LogP contribution is 2.19. The van der Waals surface area contributed by atoms with E-state index >= 15 is 0 Å². The van der Waals surface area contributed by atoms with Gasteiger partial charge in [-0.3, -0.25) is 4.68 Å². The van der Waals surface area contributed by atoms with E-state index in [9.17, 15) is 9.50 Å². The lowest BCUT2D eigenvalue weighted by molar-refractivity contribution is 0.168. The second kappa shape index (κ2) is 4.67. The average Bonchev–Trinajstić information content (AvgIpc) is 2.58. The standard InChI is InChI=1S/C13H15FN2O/c1-9-6-12(16(2)15-9)13(17)8-10-4-3-5-11(14)7-10/h3-7,13,17H,8H2,1-2H3. The lowest BCUT2D eigenvalue weighted by Gasteiger charge is -2.10. The fraction of sp³-hybridized carbons (Fsp3) is 0.308. The number of aryl methyl sites for hydroxylation is 2. The minimum atomic E-state index is -0.664. The zero-order valence-electron chi connectivity index (χ0n) is 9.89. The molecule has 1 atom stereocenters. The highest BCUT2D eigenvalue weighted by molar-refractivity contribution is 5.20. The van der Waals surface area contributed by atoms with Crippen LogP contribution in [0, 0.1) is 12.7 Å². The highest BCUT2D eigenvalue weighted by atomic mass is 19.1. The van der Waals surface area contributed by atoms with Gasteiger partial charge in [-0.05, 0) is 30.7 Å². The van der Waals surface area contributed by atoms with Crippen LogP contribution in [0.2, 0.25) is 0 Å². The summed E-state index contributed by atoms with van der Waals surface area (Å²) in [5.41, 5.74) is 2.38. The highest BCUT2D eigenvalue weighted by Gasteiger charge is 2.13. The van der Waals surface area contributed by atoms with Crippen molar-refractivity contribution in [1.82, 2.24) is 9.78 Å². The summed E-state index contributed by atoms with van der Waals surface area (Å²) in [6, 6.07) is 8.11. The first-order valence-electron chi connectivity index (χ1n) is 5.49. The molecule has 0 radical (unpaired) electrons. The van der Waals surface area contributed by atoms with Crippen LogP contribution in [0.4, 0.5) is 4.39 Å². The molecule has 0 aliphatic carbocycles. The van der Waals surface area contributed by atoms with E-state index in [4.69, 9.17) is 0 Å². The maximum absolute atomic E-state index is 13.0. The SMILES string of the molecule is Cc1cc(C(O)Cc2cccc(F)c2)n(C)n1. The third-order valence-electron chi connectivity index (χ3n) is 2.70. The van der Waals surface area contributed by atoms with Crippen LogP contribution in [0.15, 0.2) is 30.3 Å². The number of aliphatic hydroxyl groups is 1. The number of hydrogen-bond acceptors (Lipinski definition) is 2. The summed E-state index contributed by atoms with van der Waals surface area (Å²) in [6.45, 7) is 1.87. The molecule has 1 heterocycles. The number of nitrogens with zero attached hydrogens (tertiary/aromatic N) is 2. The van der Waals surface area contributed by atoms with Crippen molar-refractivity contribution in [3.05, 3.63) is 53.1 Å². The Morgan fingerprint density at radius 3 is 2.76 bits per heavy atom. The first-order valence-corrected chi connectivity index (χ1v) is 5.49. The van der Waals surface area contributed by atoms with Crippen LogP contribution >= 0.6 is 0 Å². The molecular formula is C13H15FN2O. The Kier molecular flexibility index (Phi) is 3.24. The molecule has 1 aromatic carbocycles. The maximum Gasteiger partial charge on any atom is 0.123 e. The average molecular weight is 234 g/mol. The van der Waals surface area contributed by atoms with Crippen molar-refractivity contribution < 1.29 is 9.50 Å². The summed E-state index contributed by atoms with van der Waals surface area (Å²) in [6.07, 6.45) is -0.278. The lowest BCUT2D eigenvalue weighted by atomic mass is 10.1. The Morgan fingerprint density at radius 2 is 2.18 bits per heavy atom. The van der Waals surface area contributed by atoms with Gasteiger partial charge in [0.25, 0.3) is 0 Å². The molecule has 2 aromatic rings. The Balaban J connectivity index is 2.16. The van der Waals surface area contributed by atoms with Gasteiger partial charge in [0.05, 0.1) is 17.5 Å². The summed E-state index contributed by atoms with van der Waals surface area (Å²) in [5.74, 6) is -0.282. The fourth-order valence-electron chi connectivity index (χ4n) is 1.93. The summed E-state index contributed by atoms with van der Waals surface area (Å²) in [7, 11) is 1.79. The molecule has 2 rings (SSSR count). The minimum Gasteiger partial charge on any atom is -0.386 e. The van der Waals surface area contributed by atoms with Gasteiger partial charge in [0.15, 0.2) is 0 Å². The van der Waals surface area contributed by atoms with Crippen molar-refractivity contribution in [2.75, 3.05) is 0 Å². The maximum atomic E-state index is 13.0. The van der Waals surface area contributed by atoms with E-state index in [2.05, 4.69) is 5.10 Å². The van der Waals surface area contributed by atoms with Crippen LogP contribution in [0.1, 0.15) is 23.1 Å². The van der Waals surface area contributed by atoms with Crippen molar-refractivity contribution in [2.45, 2.75) is 19.4 Å². The molecule has 17 heavy (non-hydrogen) atoms. The first-order chi connectivity index (χ1) is 8.06. The van der Waals surface area contributed by atoms with E-state index in [1.165, 1.54) is 12.1 Å². The molecule has 0 aliphatic rings. The molecule has 0 bridgehead atoms. The summed E-state index contributed by atoms with van der Waals surface area (Å²) < 4.78 is 14.7. The van der Waals surface area contributed by atoms with E-state index in [1.54, 1.807) is 23.9 Å². The van der Waals surface area contributed by atoms with Crippen LogP contribution in [0.3, 0.4) is 0 Å². The molecule has 3 nitrogen and oxygen atoms in total. The van der Waals surface area contributed by atoms with Crippen LogP contribution in [-0.2, 0) is 13.5 Å². The molecule has 90 valence electrons. The summed E-state index contributed by atoms with van der Waals surface area (Å²) in [4.78, 5) is 0. The van der Waals surface area contributed by atoms with Gasteiger partial charge in [-0.2, -0.15) is 5.10 Å². The van der Waals surface area contributed by atoms with Gasteiger partial charge in [-0.15, -0.1) is 0 Å². The number of halogens is 1. The van der Waals surface area contributed by atoms with Gasteiger partial charge < -0.3 is 5.11 Å². The first kappa shape index (κ1) is 11.8. The Morgan fingerprint density at radius 1 is 1.41 bits per heavy atom. The van der Waals surface area contributed by atoms with Crippen LogP contribution in [-0.4, -0.2) is 14.9 Å². The number of hydrogen-bond donors (Lipinski definition) is 1. The molecule has 1 N–H and O–H groups in total. The third kappa shape index (κ3) is 2.71. The lowest BCUT2D eigenvalue weighted by Crippen LogP contribution is -2.08. The predicted molar refractivity (Wildman–Crippen MR) is 63.0 cm³/mol. The zero-order chi connectivity index (χ0) is 12.4. The Labute approximate surface area is 99.5 Å². The molecule has 1 aromatic heterocycles. The van der Waals surface area contributed by atoms with E-state index in [-0.39, 0.29) is 5.82 Å². The summed E-state index contributed by atoms with van der Waals surface area (Å²) >= 11 is 0. The second-order valence-electron chi connectivity index (χ2n) is 4.18. The molecular weight excluding hydrogens is 219 g/mol. The van der Waals surface area contributed by atoms with E-state index in [0.717, 1.165) is 17.0 Å². The molecule has 0 saturated heterocycles. The quantitative estimate of drug-likeness (QED) is 0.883. The topological polar surface area (TPSA) is 38.0 Å². The molecule has 0 amide bonds. The van der Waals surface area contributed by atoms with Crippen LogP contribution in [0.25, 0.3) is 0 Å². The van der Waals surface area contributed by atoms with Gasteiger partial charge in [0.1, 0.15) is 5.82 Å². The van der Waals surface area contributed by atoms with Crippen molar-refractivity contribution >= 4 is 0 Å². The van der Waals surface area contributed by atoms with Gasteiger partial charge in [0.2, 0.25) is 0 Å². The third-order valence-corrected chi connectivity index (χ3v) is 2.70. The molecule has 0 fully saturated rings. The minimum absolute atomic E-state index is 0.282. The van der Waals surface area contributed by atoms with Gasteiger partial charge in [-0.25, -0.2) is 4.39 Å². The normalized spacial score (nSPS) is 12.7. The van der Waals surface area contributed by atoms with Crippen molar-refractivity contribution in [1.29, 1.82) is 0 Å². The van der Waals surface area contributed by atoms with E-state index in [1.807, 2.05) is 13.0 Å². The number of rotatable bonds is 3. The largest absolute Gasteiger partial charge is 0.386 e. The Bertz CT molecular complexity index is 522. The Hall–Kier alpha value is -1.68. The van der Waals surface area contributed by atoms with Gasteiger partial charge >= 0.3 is 0 Å². The molecule has 0 saturated carbocycles. The van der Waals surface area contributed by atoms with Crippen LogP contribution in [0.5, 0.6) is 0 Å². The molecule has 0 aliphatic heterocycles. The number of aliphatic hydroxyl groups excluding tert-OH is 1. The number of benzene rings is 1. The number of aromatic nitrogens is 2. The fourth-order valence-corrected chi connectivity index (χ4v) is 1.93. The second-order valence-corrected chi connectivity index (χ2v) is 4.18. The van der Waals surface area contributed by atoms with Crippen molar-refractivity contribution in [3.63, 3.8) is 0 Å². The zero-order valence-corrected chi connectivity index (χ0v) is 9.89. The molecule has 4 heteroatoms. The van der Waals surface area contributed by atoms with Gasteiger partial charge in [-0.1, -0.05) is 12.1 Å². The molecule has 1 unspecified atom stereocenters. The van der Waals surface area contributed by atoms with Crippen molar-refractivity contribution in [3.8, 4) is 0 Å². The van der Waals surface area contributed by atoms with Crippen LogP contribution < -0.4 is 0 Å². The van der Waals surface area contributed by atoms with Gasteiger partial charge in [0, 0.05) is 13.5 Å². The van der Waals surface area contributed by atoms with E-state index < -0.39 is 6.10 Å². The summed E-state index contributed by atoms with van der Waals surface area (Å²) in [5, 5.41) is 14.2. The van der Waals surface area contributed by atoms with Crippen molar-refractivity contribution in [2.24, 2.45) is 7.05 Å². The monoisotopic (exact) mass is 234 g/mol. The molecule has 0 spiro atoms. The smallest absolute Gasteiger partial charge is 0.123 e. The van der Waals surface area contributed by atoms with E-state index in [0.29, 0.717) is 6.42 Å².